The number of likely N-dealkylation sites (tertiary alicyclic amines) is 1. The fourth-order valence-electron chi connectivity index (χ4n) is 1.96. The van der Waals surface area contributed by atoms with E-state index in [1.165, 1.54) is 0 Å². The monoisotopic (exact) mass is 314 g/mol. The van der Waals surface area contributed by atoms with E-state index in [1.54, 1.807) is 12.0 Å². The third-order valence-corrected chi connectivity index (χ3v) is 2.99. The summed E-state index contributed by atoms with van der Waals surface area (Å²) in [7, 11) is 1.69. The Labute approximate surface area is 133 Å². The topological polar surface area (TPSA) is 75.2 Å². The number of aliphatic imine (C=N–C) groups is 1. The molecular formula is C15H30N4O3. The summed E-state index contributed by atoms with van der Waals surface area (Å²) in [5.74, 6) is 0.785. The Morgan fingerprint density at radius 3 is 2.59 bits per heavy atom. The second-order valence-electron chi connectivity index (χ2n) is 6.33. The van der Waals surface area contributed by atoms with Crippen LogP contribution in [0.25, 0.3) is 0 Å². The number of rotatable bonds is 6. The normalized spacial score (nSPS) is 16.2. The molecule has 1 saturated heterocycles. The predicted octanol–water partition coefficient (Wildman–Crippen LogP) is 1.20. The highest BCUT2D eigenvalue weighted by atomic mass is 16.6. The molecule has 1 amide bonds. The summed E-state index contributed by atoms with van der Waals surface area (Å²) in [6, 6.07) is 0.216. The molecular weight excluding hydrogens is 284 g/mol. The number of carbonyl (C=O) groups excluding carboxylic acids is 1. The standard InChI is InChI=1S/C15H30N4O3/c1-6-16-13(17-8-7-9-21-5)18-12-10-19(11-12)14(20)22-15(2,3)4/h12H,6-11H2,1-5H3,(H2,16,17,18). The molecule has 0 unspecified atom stereocenters. The molecule has 0 aromatic rings. The molecule has 1 heterocycles. The molecule has 1 rings (SSSR count). The average Bonchev–Trinajstić information content (AvgIpc) is 2.35. The van der Waals surface area contributed by atoms with E-state index in [4.69, 9.17) is 9.47 Å². The van der Waals surface area contributed by atoms with Crippen LogP contribution in [0.15, 0.2) is 4.99 Å². The average molecular weight is 314 g/mol. The highest BCUT2D eigenvalue weighted by Gasteiger charge is 2.34. The van der Waals surface area contributed by atoms with Gasteiger partial charge < -0.3 is 25.0 Å². The molecule has 128 valence electrons. The third kappa shape index (κ3) is 6.98. The molecule has 0 atom stereocenters. The maximum absolute atomic E-state index is 11.9. The van der Waals surface area contributed by atoms with Gasteiger partial charge in [-0.15, -0.1) is 0 Å². The summed E-state index contributed by atoms with van der Waals surface area (Å²) >= 11 is 0. The van der Waals surface area contributed by atoms with Crippen molar-refractivity contribution in [3.63, 3.8) is 0 Å². The van der Waals surface area contributed by atoms with Gasteiger partial charge in [-0.1, -0.05) is 0 Å². The minimum atomic E-state index is -0.451. The molecule has 1 fully saturated rings. The maximum atomic E-state index is 11.9. The van der Waals surface area contributed by atoms with Crippen molar-refractivity contribution < 1.29 is 14.3 Å². The number of amides is 1. The third-order valence-electron chi connectivity index (χ3n) is 2.99. The number of ether oxygens (including phenoxy) is 2. The summed E-state index contributed by atoms with van der Waals surface area (Å²) < 4.78 is 10.3. The smallest absolute Gasteiger partial charge is 0.410 e. The molecule has 0 bridgehead atoms. The van der Waals surface area contributed by atoms with Crippen LogP contribution in [0.1, 0.15) is 34.1 Å². The van der Waals surface area contributed by atoms with Gasteiger partial charge >= 0.3 is 6.09 Å². The van der Waals surface area contributed by atoms with E-state index < -0.39 is 5.60 Å². The second kappa shape index (κ2) is 8.82. The molecule has 22 heavy (non-hydrogen) atoms. The second-order valence-corrected chi connectivity index (χ2v) is 6.33. The number of hydrogen-bond donors (Lipinski definition) is 2. The zero-order valence-electron chi connectivity index (χ0n) is 14.4. The number of nitrogens with zero attached hydrogens (tertiary/aromatic N) is 2. The van der Waals surface area contributed by atoms with Crippen molar-refractivity contribution >= 4 is 12.1 Å². The van der Waals surface area contributed by atoms with Crippen LogP contribution in [0.2, 0.25) is 0 Å². The van der Waals surface area contributed by atoms with E-state index >= 15 is 0 Å². The lowest BCUT2D eigenvalue weighted by molar-refractivity contribution is 0.00700. The van der Waals surface area contributed by atoms with E-state index in [1.807, 2.05) is 27.7 Å². The number of methoxy groups -OCH3 is 1. The van der Waals surface area contributed by atoms with Gasteiger partial charge in [0.25, 0.3) is 0 Å². The van der Waals surface area contributed by atoms with Crippen LogP contribution in [-0.2, 0) is 9.47 Å². The van der Waals surface area contributed by atoms with E-state index in [0.29, 0.717) is 26.2 Å². The van der Waals surface area contributed by atoms with Crippen LogP contribution in [0.5, 0.6) is 0 Å². The highest BCUT2D eigenvalue weighted by Crippen LogP contribution is 2.15. The van der Waals surface area contributed by atoms with E-state index in [-0.39, 0.29) is 12.1 Å². The number of carbonyl (C=O) groups is 1. The molecule has 2 N–H and O–H groups in total. The van der Waals surface area contributed by atoms with Crippen molar-refractivity contribution in [2.24, 2.45) is 4.99 Å². The Bertz CT molecular complexity index is 373. The Balaban J connectivity index is 2.33. The Kier molecular flexibility index (Phi) is 7.44. The SMILES string of the molecule is CCNC(=NCCCOC)NC1CN(C(=O)OC(C)(C)C)C1. The first-order valence-electron chi connectivity index (χ1n) is 7.87. The maximum Gasteiger partial charge on any atom is 0.410 e. The van der Waals surface area contributed by atoms with Crippen molar-refractivity contribution in [1.82, 2.24) is 15.5 Å². The molecule has 0 radical (unpaired) electrons. The molecule has 1 aliphatic rings. The first kappa shape index (κ1) is 18.5. The number of nitrogens with one attached hydrogen (secondary N) is 2. The predicted molar refractivity (Wildman–Crippen MR) is 87.2 cm³/mol. The molecule has 1 aliphatic heterocycles. The fraction of sp³-hybridized carbons (Fsp3) is 0.867. The van der Waals surface area contributed by atoms with Crippen molar-refractivity contribution in [3.05, 3.63) is 0 Å². The summed E-state index contributed by atoms with van der Waals surface area (Å²) in [5.41, 5.74) is -0.451. The quantitative estimate of drug-likeness (QED) is 0.438. The van der Waals surface area contributed by atoms with Crippen LogP contribution in [0.4, 0.5) is 4.79 Å². The lowest BCUT2D eigenvalue weighted by Gasteiger charge is -2.40. The van der Waals surface area contributed by atoms with Crippen LogP contribution in [-0.4, -0.2) is 68.5 Å². The van der Waals surface area contributed by atoms with Gasteiger partial charge in [-0.2, -0.15) is 0 Å². The lowest BCUT2D eigenvalue weighted by atomic mass is 10.1. The minimum Gasteiger partial charge on any atom is -0.444 e. The van der Waals surface area contributed by atoms with Gasteiger partial charge in [0.2, 0.25) is 0 Å². The summed E-state index contributed by atoms with van der Waals surface area (Å²) in [6.45, 7) is 11.1. The fourth-order valence-corrected chi connectivity index (χ4v) is 1.96. The zero-order valence-corrected chi connectivity index (χ0v) is 14.4. The van der Waals surface area contributed by atoms with Gasteiger partial charge in [-0.05, 0) is 34.1 Å². The molecule has 7 heteroatoms. The molecule has 7 nitrogen and oxygen atoms in total. The summed E-state index contributed by atoms with van der Waals surface area (Å²) in [4.78, 5) is 18.0. The molecule has 0 saturated carbocycles. The summed E-state index contributed by atoms with van der Waals surface area (Å²) in [5, 5.41) is 6.53. The van der Waals surface area contributed by atoms with Crippen molar-refractivity contribution in [2.45, 2.75) is 45.8 Å². The van der Waals surface area contributed by atoms with Crippen LogP contribution in [0, 0.1) is 0 Å². The lowest BCUT2D eigenvalue weighted by Crippen LogP contribution is -2.63. The molecule has 0 spiro atoms. The van der Waals surface area contributed by atoms with Gasteiger partial charge in [-0.3, -0.25) is 4.99 Å². The van der Waals surface area contributed by atoms with E-state index in [9.17, 15) is 4.79 Å². The van der Waals surface area contributed by atoms with Gasteiger partial charge in [0.1, 0.15) is 5.60 Å². The number of hydrogen-bond acceptors (Lipinski definition) is 4. The largest absolute Gasteiger partial charge is 0.444 e. The van der Waals surface area contributed by atoms with Gasteiger partial charge in [0.15, 0.2) is 5.96 Å². The van der Waals surface area contributed by atoms with Gasteiger partial charge in [0.05, 0.1) is 6.04 Å². The van der Waals surface area contributed by atoms with Crippen LogP contribution < -0.4 is 10.6 Å². The molecule has 0 aromatic heterocycles. The highest BCUT2D eigenvalue weighted by molar-refractivity contribution is 5.80. The Hall–Kier alpha value is -1.50. The van der Waals surface area contributed by atoms with Crippen LogP contribution >= 0.6 is 0 Å². The van der Waals surface area contributed by atoms with Crippen molar-refractivity contribution in [1.29, 1.82) is 0 Å². The first-order valence-corrected chi connectivity index (χ1v) is 7.87. The first-order chi connectivity index (χ1) is 10.4. The molecule has 0 aromatic carbocycles. The van der Waals surface area contributed by atoms with Gasteiger partial charge in [-0.25, -0.2) is 4.79 Å². The Morgan fingerprint density at radius 2 is 2.05 bits per heavy atom. The van der Waals surface area contributed by atoms with E-state index in [2.05, 4.69) is 15.6 Å². The van der Waals surface area contributed by atoms with Crippen LogP contribution in [0.3, 0.4) is 0 Å². The van der Waals surface area contributed by atoms with Crippen molar-refractivity contribution in [2.75, 3.05) is 39.9 Å². The summed E-state index contributed by atoms with van der Waals surface area (Å²) in [6.07, 6.45) is 0.634. The zero-order chi connectivity index (χ0) is 16.6. The Morgan fingerprint density at radius 1 is 1.36 bits per heavy atom. The van der Waals surface area contributed by atoms with E-state index in [0.717, 1.165) is 18.9 Å². The minimum absolute atomic E-state index is 0.216. The van der Waals surface area contributed by atoms with Gasteiger partial charge in [0, 0.05) is 39.9 Å². The molecule has 0 aliphatic carbocycles. The number of guanidine groups is 1. The van der Waals surface area contributed by atoms with Crippen molar-refractivity contribution in [3.8, 4) is 0 Å².